The van der Waals surface area contributed by atoms with Gasteiger partial charge in [0.15, 0.2) is 0 Å². The highest BCUT2D eigenvalue weighted by molar-refractivity contribution is 7.18. The number of nitrogens with one attached hydrogen (secondary N) is 1. The second-order valence-electron chi connectivity index (χ2n) is 3.50. The van der Waals surface area contributed by atoms with Crippen molar-refractivity contribution in [3.63, 3.8) is 0 Å². The largest absolute Gasteiger partial charge is 0.420 e. The number of aromatic nitrogens is 2. The summed E-state index contributed by atoms with van der Waals surface area (Å²) in [6, 6.07) is 3.05. The molecule has 0 aliphatic rings. The first kappa shape index (κ1) is 12.7. The molecule has 0 aliphatic heterocycles. The lowest BCUT2D eigenvalue weighted by Gasteiger charge is -1.95. The average molecular weight is 268 g/mol. The molecule has 2 aromatic heterocycles. The van der Waals surface area contributed by atoms with Crippen LogP contribution in [0.3, 0.4) is 0 Å². The van der Waals surface area contributed by atoms with E-state index in [1.807, 2.05) is 6.92 Å². The Hall–Kier alpha value is -1.80. The number of nitro groups is 1. The predicted molar refractivity (Wildman–Crippen MR) is 66.5 cm³/mol. The van der Waals surface area contributed by atoms with Crippen molar-refractivity contribution in [2.75, 3.05) is 13.1 Å². The van der Waals surface area contributed by atoms with Gasteiger partial charge in [0.05, 0.1) is 9.80 Å². The number of thiophene rings is 1. The molecule has 0 spiro atoms. The summed E-state index contributed by atoms with van der Waals surface area (Å²) in [4.78, 5) is 10.7. The van der Waals surface area contributed by atoms with Crippen LogP contribution in [0, 0.1) is 10.1 Å². The highest BCUT2D eigenvalue weighted by Crippen LogP contribution is 2.31. The molecule has 2 rings (SSSR count). The highest BCUT2D eigenvalue weighted by atomic mass is 32.1. The van der Waals surface area contributed by atoms with Crippen LogP contribution < -0.4 is 5.32 Å². The summed E-state index contributed by atoms with van der Waals surface area (Å²) < 4.78 is 5.43. The second-order valence-corrected chi connectivity index (χ2v) is 4.56. The van der Waals surface area contributed by atoms with Crippen LogP contribution in [0.1, 0.15) is 12.8 Å². The molecule has 0 fully saturated rings. The molecule has 2 heterocycles. The second kappa shape index (κ2) is 5.69. The molecule has 0 amide bonds. The third-order valence-electron chi connectivity index (χ3n) is 2.22. The number of hydrogen-bond donors (Lipinski definition) is 1. The van der Waals surface area contributed by atoms with Crippen LogP contribution >= 0.6 is 11.3 Å². The van der Waals surface area contributed by atoms with Crippen molar-refractivity contribution in [1.82, 2.24) is 15.5 Å². The maximum Gasteiger partial charge on any atom is 0.324 e. The fourth-order valence-corrected chi connectivity index (χ4v) is 2.11. The fraction of sp³-hybridized carbons (Fsp3) is 0.400. The Balaban J connectivity index is 2.06. The van der Waals surface area contributed by atoms with Crippen molar-refractivity contribution in [3.05, 3.63) is 28.1 Å². The van der Waals surface area contributed by atoms with E-state index in [0.717, 1.165) is 24.4 Å². The molecular weight excluding hydrogens is 256 g/mol. The van der Waals surface area contributed by atoms with Crippen LogP contribution in [0.4, 0.5) is 5.00 Å². The lowest BCUT2D eigenvalue weighted by molar-refractivity contribution is -0.380. The standard InChI is InChI=1S/C10H12N4O3S/c1-2-11-6-5-8-12-13-10(17-8)7-3-4-9(18-7)14(15)16/h3-4,11H,2,5-6H2,1H3. The topological polar surface area (TPSA) is 94.1 Å². The first-order valence-electron chi connectivity index (χ1n) is 5.48. The number of rotatable bonds is 6. The zero-order chi connectivity index (χ0) is 13.0. The molecule has 0 bridgehead atoms. The summed E-state index contributed by atoms with van der Waals surface area (Å²) in [5.41, 5.74) is 0. The maximum absolute atomic E-state index is 10.6. The van der Waals surface area contributed by atoms with Gasteiger partial charge in [0, 0.05) is 19.0 Å². The third kappa shape index (κ3) is 2.90. The first-order valence-corrected chi connectivity index (χ1v) is 6.30. The van der Waals surface area contributed by atoms with Crippen LogP contribution in [0.15, 0.2) is 16.5 Å². The van der Waals surface area contributed by atoms with Crippen molar-refractivity contribution in [3.8, 4) is 10.8 Å². The van der Waals surface area contributed by atoms with Crippen molar-refractivity contribution >= 4 is 16.3 Å². The SMILES string of the molecule is CCNCCc1nnc(-c2ccc([N+](=O)[O-])s2)o1. The van der Waals surface area contributed by atoms with Gasteiger partial charge in [-0.15, -0.1) is 10.2 Å². The minimum atomic E-state index is -0.434. The van der Waals surface area contributed by atoms with Crippen molar-refractivity contribution in [1.29, 1.82) is 0 Å². The molecule has 96 valence electrons. The van der Waals surface area contributed by atoms with Gasteiger partial charge in [-0.05, 0) is 12.6 Å². The van der Waals surface area contributed by atoms with Crippen LogP contribution in [0.2, 0.25) is 0 Å². The van der Waals surface area contributed by atoms with E-state index >= 15 is 0 Å². The van der Waals surface area contributed by atoms with E-state index in [1.165, 1.54) is 6.07 Å². The molecule has 2 aromatic rings. The number of likely N-dealkylation sites (N-methyl/N-ethyl adjacent to an activating group) is 1. The summed E-state index contributed by atoms with van der Waals surface area (Å²) in [6.45, 7) is 3.67. The lowest BCUT2D eigenvalue weighted by Crippen LogP contribution is -2.16. The van der Waals surface area contributed by atoms with E-state index in [2.05, 4.69) is 15.5 Å². The van der Waals surface area contributed by atoms with Gasteiger partial charge in [0.1, 0.15) is 0 Å². The quantitative estimate of drug-likeness (QED) is 0.488. The summed E-state index contributed by atoms with van der Waals surface area (Å²) >= 11 is 1.02. The molecule has 8 heteroatoms. The molecule has 0 saturated heterocycles. The molecule has 0 saturated carbocycles. The van der Waals surface area contributed by atoms with E-state index in [-0.39, 0.29) is 5.00 Å². The van der Waals surface area contributed by atoms with Crippen LogP contribution in [0.25, 0.3) is 10.8 Å². The minimum absolute atomic E-state index is 0.0670. The van der Waals surface area contributed by atoms with Gasteiger partial charge in [-0.2, -0.15) is 0 Å². The predicted octanol–water partition coefficient (Wildman–Crippen LogP) is 1.86. The maximum atomic E-state index is 10.6. The van der Waals surface area contributed by atoms with Gasteiger partial charge >= 0.3 is 5.00 Å². The zero-order valence-corrected chi connectivity index (χ0v) is 10.6. The van der Waals surface area contributed by atoms with Gasteiger partial charge in [0.25, 0.3) is 5.89 Å². The molecule has 0 radical (unpaired) electrons. The van der Waals surface area contributed by atoms with Crippen molar-refractivity contribution in [2.24, 2.45) is 0 Å². The third-order valence-corrected chi connectivity index (χ3v) is 3.24. The molecule has 0 unspecified atom stereocenters. The molecule has 18 heavy (non-hydrogen) atoms. The minimum Gasteiger partial charge on any atom is -0.420 e. The fourth-order valence-electron chi connectivity index (χ4n) is 1.37. The van der Waals surface area contributed by atoms with E-state index in [0.29, 0.717) is 23.1 Å². The van der Waals surface area contributed by atoms with Crippen LogP contribution in [-0.4, -0.2) is 28.2 Å². The first-order chi connectivity index (χ1) is 8.70. The van der Waals surface area contributed by atoms with E-state index in [1.54, 1.807) is 6.07 Å². The summed E-state index contributed by atoms with van der Waals surface area (Å²) in [5, 5.41) is 21.6. The van der Waals surface area contributed by atoms with Gasteiger partial charge in [-0.25, -0.2) is 0 Å². The van der Waals surface area contributed by atoms with Crippen LogP contribution in [0.5, 0.6) is 0 Å². The van der Waals surface area contributed by atoms with E-state index in [4.69, 9.17) is 4.42 Å². The summed E-state index contributed by atoms with van der Waals surface area (Å²) in [5.74, 6) is 0.863. The summed E-state index contributed by atoms with van der Waals surface area (Å²) in [6.07, 6.45) is 0.647. The molecule has 0 atom stereocenters. The van der Waals surface area contributed by atoms with E-state index in [9.17, 15) is 10.1 Å². The average Bonchev–Trinajstić information content (AvgIpc) is 2.97. The lowest BCUT2D eigenvalue weighted by atomic mass is 10.4. The van der Waals surface area contributed by atoms with Gasteiger partial charge in [0.2, 0.25) is 5.89 Å². The van der Waals surface area contributed by atoms with Crippen LogP contribution in [-0.2, 0) is 6.42 Å². The summed E-state index contributed by atoms with van der Waals surface area (Å²) in [7, 11) is 0. The Kier molecular flexibility index (Phi) is 4.00. The van der Waals surface area contributed by atoms with Crippen molar-refractivity contribution < 1.29 is 9.34 Å². The normalized spacial score (nSPS) is 10.7. The smallest absolute Gasteiger partial charge is 0.324 e. The van der Waals surface area contributed by atoms with Gasteiger partial charge < -0.3 is 9.73 Å². The monoisotopic (exact) mass is 268 g/mol. The molecule has 1 N–H and O–H groups in total. The Labute approximate surface area is 107 Å². The zero-order valence-electron chi connectivity index (χ0n) is 9.75. The number of hydrogen-bond acceptors (Lipinski definition) is 7. The van der Waals surface area contributed by atoms with E-state index < -0.39 is 4.92 Å². The Morgan fingerprint density at radius 1 is 1.50 bits per heavy atom. The Morgan fingerprint density at radius 3 is 3.00 bits per heavy atom. The highest BCUT2D eigenvalue weighted by Gasteiger charge is 2.15. The molecule has 0 aromatic carbocycles. The number of nitrogens with zero attached hydrogens (tertiary/aromatic N) is 3. The van der Waals surface area contributed by atoms with Crippen molar-refractivity contribution in [2.45, 2.75) is 13.3 Å². The molecule has 0 aliphatic carbocycles. The van der Waals surface area contributed by atoms with Gasteiger partial charge in [-0.1, -0.05) is 18.3 Å². The molecular formula is C10H12N4O3S. The van der Waals surface area contributed by atoms with Gasteiger partial charge in [-0.3, -0.25) is 10.1 Å². The Morgan fingerprint density at radius 2 is 2.33 bits per heavy atom. The Bertz CT molecular complexity index is 537. The molecule has 7 nitrogen and oxygen atoms in total.